The van der Waals surface area contributed by atoms with Gasteiger partial charge in [-0.2, -0.15) is 0 Å². The molecule has 2 saturated heterocycles. The van der Waals surface area contributed by atoms with Crippen LogP contribution in [0, 0.1) is 5.41 Å². The Morgan fingerprint density at radius 2 is 1.58 bits per heavy atom. The van der Waals surface area contributed by atoms with Crippen molar-refractivity contribution in [1.82, 2.24) is 9.80 Å². The zero-order valence-electron chi connectivity index (χ0n) is 13.0. The number of carbonyl (C=O) groups is 1. The summed E-state index contributed by atoms with van der Waals surface area (Å²) in [4.78, 5) is 17.0. The Kier molecular flexibility index (Phi) is 4.88. The topological polar surface area (TPSA) is 23.6 Å². The van der Waals surface area contributed by atoms with Gasteiger partial charge in [0.25, 0.3) is 0 Å². The van der Waals surface area contributed by atoms with E-state index in [0.29, 0.717) is 12.3 Å². The molecule has 0 bridgehead atoms. The molecule has 0 aromatic rings. The summed E-state index contributed by atoms with van der Waals surface area (Å²) in [5.41, 5.74) is 0.112. The van der Waals surface area contributed by atoms with Crippen molar-refractivity contribution in [2.75, 3.05) is 26.2 Å². The summed E-state index contributed by atoms with van der Waals surface area (Å²) in [6.45, 7) is 10.9. The number of carbonyl (C=O) groups excluding carboxylic acids is 1. The van der Waals surface area contributed by atoms with Crippen molar-refractivity contribution in [2.45, 2.75) is 65.3 Å². The van der Waals surface area contributed by atoms with E-state index in [1.807, 2.05) is 0 Å². The fraction of sp³-hybridized carbons (Fsp3) is 0.938. The fourth-order valence-electron chi connectivity index (χ4n) is 3.33. The van der Waals surface area contributed by atoms with Gasteiger partial charge in [-0.1, -0.05) is 27.2 Å². The molecule has 0 N–H and O–H groups in total. The quantitative estimate of drug-likeness (QED) is 0.767. The summed E-state index contributed by atoms with van der Waals surface area (Å²) in [6, 6.07) is 0.735. The van der Waals surface area contributed by atoms with Crippen LogP contribution >= 0.6 is 0 Å². The Hall–Kier alpha value is -0.570. The second-order valence-corrected chi connectivity index (χ2v) is 7.45. The maximum atomic E-state index is 12.2. The summed E-state index contributed by atoms with van der Waals surface area (Å²) < 4.78 is 0. The average Bonchev–Trinajstić information content (AvgIpc) is 2.38. The van der Waals surface area contributed by atoms with E-state index >= 15 is 0 Å². The number of piperidine rings is 2. The lowest BCUT2D eigenvalue weighted by molar-refractivity contribution is -0.134. The predicted molar refractivity (Wildman–Crippen MR) is 79.1 cm³/mol. The fourth-order valence-corrected chi connectivity index (χ4v) is 3.33. The lowest BCUT2D eigenvalue weighted by Gasteiger charge is -2.40. The molecule has 2 fully saturated rings. The summed E-state index contributed by atoms with van der Waals surface area (Å²) in [5.74, 6) is 0.351. The van der Waals surface area contributed by atoms with Gasteiger partial charge in [0.1, 0.15) is 0 Å². The first-order chi connectivity index (χ1) is 8.96. The van der Waals surface area contributed by atoms with Crippen LogP contribution in [0.15, 0.2) is 0 Å². The van der Waals surface area contributed by atoms with Crippen LogP contribution in [0.2, 0.25) is 0 Å². The highest BCUT2D eigenvalue weighted by Crippen LogP contribution is 2.24. The van der Waals surface area contributed by atoms with Crippen LogP contribution < -0.4 is 0 Å². The van der Waals surface area contributed by atoms with Crippen molar-refractivity contribution in [1.29, 1.82) is 0 Å². The van der Waals surface area contributed by atoms with Crippen molar-refractivity contribution >= 4 is 5.91 Å². The molecule has 19 heavy (non-hydrogen) atoms. The van der Waals surface area contributed by atoms with Crippen molar-refractivity contribution < 1.29 is 4.79 Å². The second kappa shape index (κ2) is 6.25. The first-order valence-electron chi connectivity index (χ1n) is 7.97. The van der Waals surface area contributed by atoms with Crippen LogP contribution in [-0.4, -0.2) is 47.9 Å². The molecule has 0 spiro atoms. The molecule has 0 aromatic carbocycles. The first kappa shape index (κ1) is 14.8. The highest BCUT2D eigenvalue weighted by atomic mass is 16.2. The Morgan fingerprint density at radius 3 is 2.11 bits per heavy atom. The van der Waals surface area contributed by atoms with Crippen LogP contribution in [-0.2, 0) is 4.79 Å². The summed E-state index contributed by atoms with van der Waals surface area (Å²) in [5, 5.41) is 0. The molecule has 3 heteroatoms. The molecule has 110 valence electrons. The van der Waals surface area contributed by atoms with E-state index in [1.165, 1.54) is 45.2 Å². The van der Waals surface area contributed by atoms with Crippen LogP contribution in [0.5, 0.6) is 0 Å². The smallest absolute Gasteiger partial charge is 0.223 e. The van der Waals surface area contributed by atoms with E-state index in [9.17, 15) is 4.79 Å². The number of nitrogens with zero attached hydrogens (tertiary/aromatic N) is 2. The molecular weight excluding hydrogens is 236 g/mol. The molecule has 0 saturated carbocycles. The Labute approximate surface area is 118 Å². The molecule has 0 aliphatic carbocycles. The number of likely N-dealkylation sites (tertiary alicyclic amines) is 2. The largest absolute Gasteiger partial charge is 0.343 e. The standard InChI is InChI=1S/C16H30N2O/c1-16(2,3)13-15(19)18-11-7-14(8-12-18)17-9-5-4-6-10-17/h14H,4-13H2,1-3H3. The Morgan fingerprint density at radius 1 is 1.00 bits per heavy atom. The second-order valence-electron chi connectivity index (χ2n) is 7.45. The third-order valence-electron chi connectivity index (χ3n) is 4.41. The predicted octanol–water partition coefficient (Wildman–Crippen LogP) is 2.90. The van der Waals surface area contributed by atoms with Gasteiger partial charge in [0.15, 0.2) is 0 Å². The SMILES string of the molecule is CC(C)(C)CC(=O)N1CCC(N2CCCCC2)CC1. The minimum absolute atomic E-state index is 0.112. The molecule has 2 heterocycles. The van der Waals surface area contributed by atoms with Crippen molar-refractivity contribution in [3.63, 3.8) is 0 Å². The van der Waals surface area contributed by atoms with Crippen LogP contribution in [0.1, 0.15) is 59.3 Å². The third-order valence-corrected chi connectivity index (χ3v) is 4.41. The zero-order chi connectivity index (χ0) is 13.9. The maximum Gasteiger partial charge on any atom is 0.223 e. The number of rotatable bonds is 2. The summed E-state index contributed by atoms with van der Waals surface area (Å²) in [7, 11) is 0. The molecule has 0 unspecified atom stereocenters. The zero-order valence-corrected chi connectivity index (χ0v) is 13.0. The van der Waals surface area contributed by atoms with Crippen LogP contribution in [0.4, 0.5) is 0 Å². The summed E-state index contributed by atoms with van der Waals surface area (Å²) in [6.07, 6.45) is 7.17. The van der Waals surface area contributed by atoms with E-state index in [4.69, 9.17) is 0 Å². The first-order valence-corrected chi connectivity index (χ1v) is 7.97. The lowest BCUT2D eigenvalue weighted by atomic mass is 9.91. The molecule has 1 amide bonds. The normalized spacial score (nSPS) is 23.6. The highest BCUT2D eigenvalue weighted by Gasteiger charge is 2.28. The van der Waals surface area contributed by atoms with Gasteiger partial charge in [0, 0.05) is 25.6 Å². The summed E-state index contributed by atoms with van der Waals surface area (Å²) >= 11 is 0. The monoisotopic (exact) mass is 266 g/mol. The molecule has 0 radical (unpaired) electrons. The molecule has 2 rings (SSSR count). The molecule has 2 aliphatic rings. The van der Waals surface area contributed by atoms with Gasteiger partial charge in [-0.3, -0.25) is 4.79 Å². The van der Waals surface area contributed by atoms with E-state index < -0.39 is 0 Å². The van der Waals surface area contributed by atoms with Gasteiger partial charge in [-0.05, 0) is 44.2 Å². The Bertz CT molecular complexity index is 294. The number of hydrogen-bond acceptors (Lipinski definition) is 2. The minimum Gasteiger partial charge on any atom is -0.343 e. The maximum absolute atomic E-state index is 12.2. The van der Waals surface area contributed by atoms with Gasteiger partial charge in [-0.25, -0.2) is 0 Å². The molecule has 0 aromatic heterocycles. The van der Waals surface area contributed by atoms with Crippen molar-refractivity contribution in [3.8, 4) is 0 Å². The van der Waals surface area contributed by atoms with Crippen LogP contribution in [0.25, 0.3) is 0 Å². The van der Waals surface area contributed by atoms with Gasteiger partial charge in [0.2, 0.25) is 5.91 Å². The van der Waals surface area contributed by atoms with E-state index in [-0.39, 0.29) is 5.41 Å². The van der Waals surface area contributed by atoms with Gasteiger partial charge in [-0.15, -0.1) is 0 Å². The average molecular weight is 266 g/mol. The molecular formula is C16H30N2O. The number of hydrogen-bond donors (Lipinski definition) is 0. The molecule has 3 nitrogen and oxygen atoms in total. The lowest BCUT2D eigenvalue weighted by Crippen LogP contribution is -2.48. The van der Waals surface area contributed by atoms with E-state index in [0.717, 1.165) is 19.1 Å². The molecule has 2 aliphatic heterocycles. The van der Waals surface area contributed by atoms with Crippen molar-refractivity contribution in [3.05, 3.63) is 0 Å². The van der Waals surface area contributed by atoms with Crippen molar-refractivity contribution in [2.24, 2.45) is 5.41 Å². The van der Waals surface area contributed by atoms with E-state index in [1.54, 1.807) is 0 Å². The Balaban J connectivity index is 1.77. The van der Waals surface area contributed by atoms with Gasteiger partial charge in [0.05, 0.1) is 0 Å². The van der Waals surface area contributed by atoms with Gasteiger partial charge < -0.3 is 9.80 Å². The van der Waals surface area contributed by atoms with E-state index in [2.05, 4.69) is 30.6 Å². The van der Waals surface area contributed by atoms with Crippen LogP contribution in [0.3, 0.4) is 0 Å². The third kappa shape index (κ3) is 4.48. The highest BCUT2D eigenvalue weighted by molar-refractivity contribution is 5.76. The van der Waals surface area contributed by atoms with Gasteiger partial charge >= 0.3 is 0 Å². The number of amides is 1. The molecule has 0 atom stereocenters. The minimum atomic E-state index is 0.112.